The van der Waals surface area contributed by atoms with Crippen LogP contribution in [0.2, 0.25) is 0 Å². The van der Waals surface area contributed by atoms with Crippen molar-refractivity contribution in [3.8, 4) is 5.75 Å². The molecular formula is C16H23O4P. The summed E-state index contributed by atoms with van der Waals surface area (Å²) in [6.45, 7) is 2.23. The average Bonchev–Trinajstić information content (AvgIpc) is 2.51. The zero-order valence-electron chi connectivity index (χ0n) is 12.8. The van der Waals surface area contributed by atoms with E-state index in [-0.39, 0.29) is 5.97 Å². The van der Waals surface area contributed by atoms with Crippen molar-refractivity contribution >= 4 is 14.6 Å². The molecule has 0 aromatic heterocycles. The SMILES string of the molecule is CCCCCCCCc1ccc2c(c1)C(=O)OP(OC)O2. The van der Waals surface area contributed by atoms with Crippen LogP contribution in [0.15, 0.2) is 18.2 Å². The largest absolute Gasteiger partial charge is 0.465 e. The summed E-state index contributed by atoms with van der Waals surface area (Å²) < 4.78 is 15.5. The van der Waals surface area contributed by atoms with Crippen molar-refractivity contribution < 1.29 is 18.4 Å². The number of fused-ring (bicyclic) bond motifs is 1. The molecule has 1 aromatic carbocycles. The molecule has 0 N–H and O–H groups in total. The predicted molar refractivity (Wildman–Crippen MR) is 83.5 cm³/mol. The number of hydrogen-bond donors (Lipinski definition) is 0. The standard InChI is InChI=1S/C16H23O4P/c1-3-4-5-6-7-8-9-13-10-11-15-14(12-13)16(17)20-21(18-2)19-15/h10-12H,3-9H2,1-2H3. The van der Waals surface area contributed by atoms with Gasteiger partial charge in [-0.3, -0.25) is 4.52 Å². The van der Waals surface area contributed by atoms with Gasteiger partial charge in [-0.2, -0.15) is 0 Å². The predicted octanol–water partition coefficient (Wildman–Crippen LogP) is 5.01. The Bertz CT molecular complexity index is 475. The van der Waals surface area contributed by atoms with Gasteiger partial charge in [-0.15, -0.1) is 0 Å². The van der Waals surface area contributed by atoms with Crippen molar-refractivity contribution in [1.29, 1.82) is 0 Å². The number of hydrogen-bond acceptors (Lipinski definition) is 4. The molecule has 1 unspecified atom stereocenters. The van der Waals surface area contributed by atoms with E-state index < -0.39 is 8.60 Å². The van der Waals surface area contributed by atoms with Crippen molar-refractivity contribution in [2.45, 2.75) is 51.9 Å². The number of rotatable bonds is 8. The molecule has 0 fully saturated rings. The van der Waals surface area contributed by atoms with E-state index in [4.69, 9.17) is 13.6 Å². The summed E-state index contributed by atoms with van der Waals surface area (Å²) in [6, 6.07) is 5.75. The summed E-state index contributed by atoms with van der Waals surface area (Å²) in [5.41, 5.74) is 1.67. The van der Waals surface area contributed by atoms with Gasteiger partial charge < -0.3 is 9.05 Å². The van der Waals surface area contributed by atoms with Gasteiger partial charge in [-0.25, -0.2) is 4.79 Å². The zero-order valence-corrected chi connectivity index (χ0v) is 13.7. The molecule has 1 aromatic rings. The maximum Gasteiger partial charge on any atom is 0.465 e. The van der Waals surface area contributed by atoms with E-state index in [2.05, 4.69) is 6.92 Å². The van der Waals surface area contributed by atoms with Gasteiger partial charge >= 0.3 is 14.6 Å². The first kappa shape index (κ1) is 16.3. The normalized spacial score (nSPS) is 17.0. The lowest BCUT2D eigenvalue weighted by molar-refractivity contribution is 0.0683. The molecule has 2 rings (SSSR count). The maximum atomic E-state index is 11.9. The fraction of sp³-hybridized carbons (Fsp3) is 0.562. The maximum absolute atomic E-state index is 11.9. The Morgan fingerprint density at radius 3 is 2.62 bits per heavy atom. The van der Waals surface area contributed by atoms with Crippen LogP contribution in [-0.2, 0) is 15.5 Å². The van der Waals surface area contributed by atoms with Crippen molar-refractivity contribution in [3.63, 3.8) is 0 Å². The quantitative estimate of drug-likeness (QED) is 0.500. The fourth-order valence-electron chi connectivity index (χ4n) is 2.37. The lowest BCUT2D eigenvalue weighted by atomic mass is 10.0. The lowest BCUT2D eigenvalue weighted by Gasteiger charge is -2.21. The lowest BCUT2D eigenvalue weighted by Crippen LogP contribution is -2.13. The average molecular weight is 310 g/mol. The highest BCUT2D eigenvalue weighted by atomic mass is 31.2. The molecule has 0 aliphatic carbocycles. The van der Waals surface area contributed by atoms with Crippen molar-refractivity contribution in [2.24, 2.45) is 0 Å². The molecule has 1 aliphatic rings. The smallest absolute Gasteiger partial charge is 0.417 e. The van der Waals surface area contributed by atoms with Crippen LogP contribution in [-0.4, -0.2) is 13.1 Å². The van der Waals surface area contributed by atoms with E-state index in [0.29, 0.717) is 11.3 Å². The van der Waals surface area contributed by atoms with Crippen LogP contribution in [0.4, 0.5) is 0 Å². The first-order chi connectivity index (χ1) is 10.2. The van der Waals surface area contributed by atoms with E-state index in [9.17, 15) is 4.79 Å². The molecule has 21 heavy (non-hydrogen) atoms. The van der Waals surface area contributed by atoms with Crippen LogP contribution in [0.3, 0.4) is 0 Å². The van der Waals surface area contributed by atoms with Crippen molar-refractivity contribution in [3.05, 3.63) is 29.3 Å². The number of carbonyl (C=O) groups excluding carboxylic acids is 1. The van der Waals surface area contributed by atoms with Gasteiger partial charge in [0.1, 0.15) is 11.3 Å². The molecule has 0 saturated heterocycles. The Morgan fingerprint density at radius 1 is 1.10 bits per heavy atom. The van der Waals surface area contributed by atoms with Gasteiger partial charge in [0.25, 0.3) is 0 Å². The molecule has 0 amide bonds. The Balaban J connectivity index is 1.86. The zero-order chi connectivity index (χ0) is 15.1. The van der Waals surface area contributed by atoms with Crippen LogP contribution in [0.1, 0.15) is 61.4 Å². The first-order valence-electron chi connectivity index (χ1n) is 7.62. The molecule has 1 atom stereocenters. The fourth-order valence-corrected chi connectivity index (χ4v) is 3.11. The minimum Gasteiger partial charge on any atom is -0.417 e. The molecule has 1 aliphatic heterocycles. The van der Waals surface area contributed by atoms with E-state index in [1.165, 1.54) is 39.2 Å². The number of unbranched alkanes of at least 4 members (excludes halogenated alkanes) is 5. The van der Waals surface area contributed by atoms with Crippen LogP contribution >= 0.6 is 8.60 Å². The van der Waals surface area contributed by atoms with Crippen molar-refractivity contribution in [2.75, 3.05) is 7.11 Å². The summed E-state index contributed by atoms with van der Waals surface area (Å²) in [4.78, 5) is 11.9. The van der Waals surface area contributed by atoms with Gasteiger partial charge in [0.05, 0.1) is 0 Å². The second-order valence-electron chi connectivity index (χ2n) is 5.22. The summed E-state index contributed by atoms with van der Waals surface area (Å²) >= 11 is 0. The molecule has 5 heteroatoms. The summed E-state index contributed by atoms with van der Waals surface area (Å²) in [5.74, 6) is 0.208. The van der Waals surface area contributed by atoms with Crippen LogP contribution in [0.25, 0.3) is 0 Å². The van der Waals surface area contributed by atoms with Crippen LogP contribution < -0.4 is 4.52 Å². The highest BCUT2D eigenvalue weighted by Crippen LogP contribution is 2.46. The summed E-state index contributed by atoms with van der Waals surface area (Å²) in [6.07, 6.45) is 8.60. The molecule has 1 heterocycles. The van der Waals surface area contributed by atoms with Gasteiger partial charge in [0, 0.05) is 7.11 Å². The molecule has 0 radical (unpaired) electrons. The molecule has 0 saturated carbocycles. The van der Waals surface area contributed by atoms with Crippen molar-refractivity contribution in [1.82, 2.24) is 0 Å². The highest BCUT2D eigenvalue weighted by Gasteiger charge is 2.29. The number of carbonyl (C=O) groups is 1. The van der Waals surface area contributed by atoms with E-state index in [1.54, 1.807) is 0 Å². The summed E-state index contributed by atoms with van der Waals surface area (Å²) in [7, 11) is -0.105. The Morgan fingerprint density at radius 2 is 1.86 bits per heavy atom. The van der Waals surface area contributed by atoms with Gasteiger partial charge in [0.15, 0.2) is 0 Å². The number of aryl methyl sites for hydroxylation is 1. The first-order valence-corrected chi connectivity index (χ1v) is 8.71. The van der Waals surface area contributed by atoms with Gasteiger partial charge in [-0.05, 0) is 30.5 Å². The third kappa shape index (κ3) is 4.69. The third-order valence-corrected chi connectivity index (χ3v) is 4.52. The van der Waals surface area contributed by atoms with Crippen LogP contribution in [0, 0.1) is 0 Å². The molecule has 4 nitrogen and oxygen atoms in total. The topological polar surface area (TPSA) is 44.8 Å². The van der Waals surface area contributed by atoms with Gasteiger partial charge in [-0.1, -0.05) is 45.1 Å². The van der Waals surface area contributed by atoms with Gasteiger partial charge in [0.2, 0.25) is 0 Å². The monoisotopic (exact) mass is 310 g/mol. The summed E-state index contributed by atoms with van der Waals surface area (Å²) in [5, 5.41) is 0. The minimum absolute atomic E-state index is 0.353. The van der Waals surface area contributed by atoms with E-state index in [0.717, 1.165) is 18.4 Å². The molecular weight excluding hydrogens is 287 g/mol. The Hall–Kier alpha value is -1.12. The highest BCUT2D eigenvalue weighted by molar-refractivity contribution is 7.43. The molecule has 0 bridgehead atoms. The third-order valence-electron chi connectivity index (χ3n) is 3.56. The van der Waals surface area contributed by atoms with Crippen LogP contribution in [0.5, 0.6) is 5.75 Å². The molecule has 116 valence electrons. The number of benzene rings is 1. The van der Waals surface area contributed by atoms with E-state index >= 15 is 0 Å². The minimum atomic E-state index is -1.57. The van der Waals surface area contributed by atoms with E-state index in [1.807, 2.05) is 18.2 Å². The Kier molecular flexibility index (Phi) is 6.47. The molecule has 0 spiro atoms. The second-order valence-corrected chi connectivity index (χ2v) is 6.40. The second kappa shape index (κ2) is 8.35. The Labute approximate surface area is 127 Å².